The number of benzene rings is 1. The second-order valence-corrected chi connectivity index (χ2v) is 9.35. The van der Waals surface area contributed by atoms with E-state index in [1.807, 2.05) is 26.2 Å². The molecule has 2 aromatic rings. The number of rotatable bonds is 5. The van der Waals surface area contributed by atoms with Gasteiger partial charge in [0.1, 0.15) is 37.7 Å². The number of nitrogens with zero attached hydrogens (tertiary/aromatic N) is 1. The van der Waals surface area contributed by atoms with Crippen LogP contribution in [0, 0.1) is 11.6 Å². The van der Waals surface area contributed by atoms with E-state index in [1.54, 1.807) is 17.4 Å². The molecule has 0 spiro atoms. The third-order valence-corrected chi connectivity index (χ3v) is 5.61. The van der Waals surface area contributed by atoms with Gasteiger partial charge in [0.15, 0.2) is 18.2 Å². The molecule has 0 atom stereocenters. The van der Waals surface area contributed by atoms with E-state index < -0.39 is 11.6 Å². The lowest BCUT2D eigenvalue weighted by molar-refractivity contribution is -1.02. The van der Waals surface area contributed by atoms with Crippen molar-refractivity contribution in [3.05, 3.63) is 40.2 Å². The molecule has 1 aliphatic heterocycles. The van der Waals surface area contributed by atoms with E-state index in [0.717, 1.165) is 43.8 Å². The number of thiazole rings is 1. The Hall–Kier alpha value is -1.90. The lowest BCUT2D eigenvalue weighted by atomic mass is 10.1. The molecule has 0 unspecified atom stereocenters. The Bertz CT molecular complexity index is 826. The van der Waals surface area contributed by atoms with Gasteiger partial charge in [-0.1, -0.05) is 0 Å². The molecule has 3 N–H and O–H groups in total. The Balaban J connectivity index is 1.49. The number of halogens is 2. The van der Waals surface area contributed by atoms with Gasteiger partial charge in [-0.3, -0.25) is 4.79 Å². The van der Waals surface area contributed by atoms with Gasteiger partial charge >= 0.3 is 0 Å². The summed E-state index contributed by atoms with van der Waals surface area (Å²) in [6.07, 6.45) is 0. The van der Waals surface area contributed by atoms with Crippen molar-refractivity contribution >= 4 is 17.2 Å². The molecular weight excluding hydrogens is 382 g/mol. The van der Waals surface area contributed by atoms with Gasteiger partial charge in [0.05, 0.1) is 5.69 Å². The highest BCUT2D eigenvalue weighted by molar-refractivity contribution is 7.09. The van der Waals surface area contributed by atoms with Gasteiger partial charge in [0.25, 0.3) is 5.91 Å². The Morgan fingerprint density at radius 2 is 1.82 bits per heavy atom. The molecule has 0 saturated carbocycles. The molecule has 152 valence electrons. The van der Waals surface area contributed by atoms with Crippen molar-refractivity contribution in [2.45, 2.75) is 32.9 Å². The summed E-state index contributed by atoms with van der Waals surface area (Å²) >= 11 is 1.55. The third kappa shape index (κ3) is 5.80. The van der Waals surface area contributed by atoms with Crippen molar-refractivity contribution in [1.29, 1.82) is 0 Å². The van der Waals surface area contributed by atoms with Gasteiger partial charge in [-0.05, 0) is 39.0 Å². The number of amides is 1. The first-order valence-corrected chi connectivity index (χ1v) is 10.5. The van der Waals surface area contributed by atoms with E-state index in [4.69, 9.17) is 0 Å². The van der Waals surface area contributed by atoms with Crippen LogP contribution in [0.25, 0.3) is 11.3 Å². The number of aromatic nitrogens is 1. The monoisotopic (exact) mass is 410 g/mol. The fourth-order valence-corrected chi connectivity index (χ4v) is 4.27. The van der Waals surface area contributed by atoms with Crippen LogP contribution in [0.15, 0.2) is 23.6 Å². The van der Waals surface area contributed by atoms with Gasteiger partial charge in [-0.25, -0.2) is 13.8 Å². The summed E-state index contributed by atoms with van der Waals surface area (Å²) in [5.74, 6) is -1.60. The molecule has 3 rings (SSSR count). The quantitative estimate of drug-likeness (QED) is 0.664. The van der Waals surface area contributed by atoms with Crippen molar-refractivity contribution in [3.63, 3.8) is 0 Å². The minimum atomic E-state index is -0.854. The van der Waals surface area contributed by atoms with Gasteiger partial charge in [-0.2, -0.15) is 0 Å². The first-order chi connectivity index (χ1) is 13.2. The van der Waals surface area contributed by atoms with E-state index in [2.05, 4.69) is 10.3 Å². The zero-order chi connectivity index (χ0) is 20.3. The normalized spacial score (nSPS) is 20.2. The van der Waals surface area contributed by atoms with E-state index >= 15 is 0 Å². The number of hydrogen-bond acceptors (Lipinski definition) is 3. The predicted molar refractivity (Wildman–Crippen MR) is 105 cm³/mol. The Labute approximate surface area is 168 Å². The second-order valence-electron chi connectivity index (χ2n) is 8.41. The Morgan fingerprint density at radius 3 is 2.46 bits per heavy atom. The average molecular weight is 411 g/mol. The molecule has 1 aromatic carbocycles. The molecule has 1 aromatic heterocycles. The van der Waals surface area contributed by atoms with E-state index in [0.29, 0.717) is 17.8 Å². The maximum Gasteiger partial charge on any atom is 0.275 e. The van der Waals surface area contributed by atoms with Crippen molar-refractivity contribution in [2.75, 3.05) is 32.7 Å². The van der Waals surface area contributed by atoms with Crippen LogP contribution in [0.5, 0.6) is 0 Å². The summed E-state index contributed by atoms with van der Waals surface area (Å²) in [5, 5.41) is 5.90. The topological polar surface area (TPSA) is 50.9 Å². The molecule has 1 saturated heterocycles. The summed E-state index contributed by atoms with van der Waals surface area (Å²) in [6.45, 7) is 11.2. The summed E-state index contributed by atoms with van der Waals surface area (Å²) in [5.41, 5.74) is 1.08. The van der Waals surface area contributed by atoms with Crippen molar-refractivity contribution < 1.29 is 23.4 Å². The Kier molecular flexibility index (Phi) is 6.42. The molecule has 28 heavy (non-hydrogen) atoms. The number of piperazine rings is 1. The maximum atomic E-state index is 13.4. The van der Waals surface area contributed by atoms with Crippen LogP contribution < -0.4 is 15.1 Å². The van der Waals surface area contributed by atoms with Gasteiger partial charge in [0, 0.05) is 16.5 Å². The van der Waals surface area contributed by atoms with Crippen molar-refractivity contribution in [2.24, 2.45) is 0 Å². The van der Waals surface area contributed by atoms with Crippen LogP contribution in [0.4, 0.5) is 8.78 Å². The van der Waals surface area contributed by atoms with Crippen LogP contribution in [0.1, 0.15) is 25.8 Å². The third-order valence-electron chi connectivity index (χ3n) is 4.76. The minimum Gasteiger partial charge on any atom is -0.347 e. The predicted octanol–water partition coefficient (Wildman–Crippen LogP) is 0.286. The zero-order valence-corrected chi connectivity index (χ0v) is 17.4. The molecule has 0 radical (unpaired) electrons. The largest absolute Gasteiger partial charge is 0.347 e. The van der Waals surface area contributed by atoms with Crippen molar-refractivity contribution in [3.8, 4) is 11.3 Å². The lowest BCUT2D eigenvalue weighted by Crippen LogP contribution is -3.28. The molecule has 8 heteroatoms. The lowest BCUT2D eigenvalue weighted by Gasteiger charge is -2.29. The number of quaternary nitrogens is 2. The van der Waals surface area contributed by atoms with Gasteiger partial charge < -0.3 is 15.1 Å². The van der Waals surface area contributed by atoms with Crippen LogP contribution in [-0.4, -0.2) is 49.2 Å². The number of hydrogen-bond donors (Lipinski definition) is 3. The molecule has 5 nitrogen and oxygen atoms in total. The molecular formula is C20H28F2N4OS+2. The average Bonchev–Trinajstić information content (AvgIpc) is 3.06. The summed E-state index contributed by atoms with van der Waals surface area (Å²) < 4.78 is 26.5. The zero-order valence-electron chi connectivity index (χ0n) is 16.6. The van der Waals surface area contributed by atoms with Crippen LogP contribution in [0.2, 0.25) is 0 Å². The molecule has 1 aliphatic rings. The van der Waals surface area contributed by atoms with Crippen LogP contribution in [0.3, 0.4) is 0 Å². The first-order valence-electron chi connectivity index (χ1n) is 9.57. The summed E-state index contributed by atoms with van der Waals surface area (Å²) in [6, 6.07) is 3.87. The molecule has 2 heterocycles. The number of carbonyl (C=O) groups is 1. The van der Waals surface area contributed by atoms with Gasteiger partial charge in [-0.15, -0.1) is 11.3 Å². The van der Waals surface area contributed by atoms with Crippen LogP contribution in [-0.2, 0) is 11.3 Å². The first kappa shape index (κ1) is 20.8. The number of nitrogens with one attached hydrogen (secondary N) is 3. The highest BCUT2D eigenvalue weighted by Crippen LogP contribution is 2.23. The highest BCUT2D eigenvalue weighted by atomic mass is 32.1. The summed E-state index contributed by atoms with van der Waals surface area (Å²) in [7, 11) is 0. The Morgan fingerprint density at radius 1 is 1.14 bits per heavy atom. The fourth-order valence-electron chi connectivity index (χ4n) is 3.39. The number of carbonyl (C=O) groups excluding carboxylic acids is 1. The molecule has 1 amide bonds. The fraction of sp³-hybridized carbons (Fsp3) is 0.500. The van der Waals surface area contributed by atoms with E-state index in [1.165, 1.54) is 15.9 Å². The SMILES string of the molecule is CC(C)(C)NC(=O)C[NH+]1CC[NH+](Cc2nc(-c3ccc(F)c(F)c3)cs2)CC1. The standard InChI is InChI=1S/C20H26F2N4OS/c1-20(2,3)24-18(27)11-25-6-8-26(9-7-25)12-19-23-17(13-28-19)14-4-5-15(21)16(22)10-14/h4-5,10,13H,6-9,11-12H2,1-3H3,(H,24,27)/p+2. The minimum absolute atomic E-state index is 0.0991. The van der Waals surface area contributed by atoms with Gasteiger partial charge in [0.2, 0.25) is 0 Å². The second kappa shape index (κ2) is 8.63. The van der Waals surface area contributed by atoms with E-state index in [9.17, 15) is 13.6 Å². The highest BCUT2D eigenvalue weighted by Gasteiger charge is 2.26. The smallest absolute Gasteiger partial charge is 0.275 e. The molecule has 0 bridgehead atoms. The molecule has 1 fully saturated rings. The van der Waals surface area contributed by atoms with Crippen LogP contribution >= 0.6 is 11.3 Å². The summed E-state index contributed by atoms with van der Waals surface area (Å²) in [4.78, 5) is 19.4. The van der Waals surface area contributed by atoms with Crippen molar-refractivity contribution in [1.82, 2.24) is 10.3 Å². The van der Waals surface area contributed by atoms with E-state index in [-0.39, 0.29) is 11.4 Å². The molecule has 0 aliphatic carbocycles. The maximum absolute atomic E-state index is 13.4.